The van der Waals surface area contributed by atoms with Crippen molar-refractivity contribution in [2.75, 3.05) is 5.73 Å². The number of nitrogens with zero attached hydrogens (tertiary/aromatic N) is 1. The zero-order valence-corrected chi connectivity index (χ0v) is 9.61. The van der Waals surface area contributed by atoms with Crippen molar-refractivity contribution in [1.29, 1.82) is 0 Å². The van der Waals surface area contributed by atoms with Crippen LogP contribution in [0.1, 0.15) is 32.3 Å². The van der Waals surface area contributed by atoms with Gasteiger partial charge in [-0.3, -0.25) is 0 Å². The van der Waals surface area contributed by atoms with Crippen LogP contribution in [0.5, 0.6) is 0 Å². The second-order valence-corrected chi connectivity index (χ2v) is 4.35. The number of pyridine rings is 1. The summed E-state index contributed by atoms with van der Waals surface area (Å²) in [6.07, 6.45) is 4.82. The average molecular weight is 207 g/mol. The molecule has 0 aromatic carbocycles. The number of nitrogen functional groups attached to an aromatic ring is 1. The predicted molar refractivity (Wildman–Crippen MR) is 64.4 cm³/mol. The van der Waals surface area contributed by atoms with Crippen LogP contribution in [0.25, 0.3) is 0 Å². The Labute approximate surface area is 91.9 Å². The Kier molecular flexibility index (Phi) is 4.56. The maximum Gasteiger partial charge on any atom is 0.126 e. The van der Waals surface area contributed by atoms with E-state index in [1.807, 2.05) is 12.1 Å². The van der Waals surface area contributed by atoms with E-state index in [0.717, 1.165) is 24.8 Å². The highest BCUT2D eigenvalue weighted by Gasteiger charge is 2.07. The van der Waals surface area contributed by atoms with Crippen LogP contribution >= 0.6 is 0 Å². The topological polar surface area (TPSA) is 64.9 Å². The van der Waals surface area contributed by atoms with Gasteiger partial charge in [0.2, 0.25) is 0 Å². The van der Waals surface area contributed by atoms with Crippen molar-refractivity contribution in [2.45, 2.75) is 39.2 Å². The number of hydrogen-bond acceptors (Lipinski definition) is 3. The Bertz CT molecular complexity index is 297. The molecule has 0 saturated carbocycles. The highest BCUT2D eigenvalue weighted by Crippen LogP contribution is 2.13. The molecular formula is C12H21N3. The van der Waals surface area contributed by atoms with Crippen molar-refractivity contribution in [2.24, 2.45) is 11.7 Å². The molecule has 0 aliphatic rings. The Balaban J connectivity index is 2.35. The molecule has 0 radical (unpaired) electrons. The third-order valence-electron chi connectivity index (χ3n) is 2.77. The smallest absolute Gasteiger partial charge is 0.126 e. The molecule has 0 spiro atoms. The highest BCUT2D eigenvalue weighted by molar-refractivity contribution is 5.38. The summed E-state index contributed by atoms with van der Waals surface area (Å²) in [6, 6.07) is 4.25. The van der Waals surface area contributed by atoms with Crippen molar-refractivity contribution in [3.8, 4) is 0 Å². The predicted octanol–water partition coefficient (Wildman–Crippen LogP) is 1.97. The van der Waals surface area contributed by atoms with Crippen LogP contribution in [0.4, 0.5) is 5.82 Å². The van der Waals surface area contributed by atoms with Crippen LogP contribution in [0.2, 0.25) is 0 Å². The molecule has 3 heteroatoms. The molecule has 15 heavy (non-hydrogen) atoms. The second kappa shape index (κ2) is 5.71. The normalized spacial score (nSPS) is 13.1. The summed E-state index contributed by atoms with van der Waals surface area (Å²) in [5, 5.41) is 0. The maximum absolute atomic E-state index is 5.97. The number of nitrogens with two attached hydrogens (primary N) is 2. The molecule has 0 bridgehead atoms. The first-order valence-electron chi connectivity index (χ1n) is 5.56. The highest BCUT2D eigenvalue weighted by atomic mass is 14.8. The van der Waals surface area contributed by atoms with Crippen molar-refractivity contribution >= 4 is 5.82 Å². The minimum absolute atomic E-state index is 0.294. The summed E-state index contributed by atoms with van der Waals surface area (Å²) in [7, 11) is 0. The van der Waals surface area contributed by atoms with E-state index in [-0.39, 0.29) is 0 Å². The van der Waals surface area contributed by atoms with E-state index in [2.05, 4.69) is 18.8 Å². The maximum atomic E-state index is 5.97. The molecule has 0 amide bonds. The van der Waals surface area contributed by atoms with E-state index in [4.69, 9.17) is 11.5 Å². The summed E-state index contributed by atoms with van der Waals surface area (Å²) in [5.74, 6) is 1.20. The summed E-state index contributed by atoms with van der Waals surface area (Å²) >= 11 is 0. The summed E-state index contributed by atoms with van der Waals surface area (Å²) in [6.45, 7) is 4.31. The number of rotatable bonds is 5. The quantitative estimate of drug-likeness (QED) is 0.775. The lowest BCUT2D eigenvalue weighted by atomic mass is 9.98. The van der Waals surface area contributed by atoms with E-state index >= 15 is 0 Å². The number of hydrogen-bond donors (Lipinski definition) is 2. The summed E-state index contributed by atoms with van der Waals surface area (Å²) < 4.78 is 0. The van der Waals surface area contributed by atoms with Crippen LogP contribution < -0.4 is 11.5 Å². The molecule has 84 valence electrons. The molecular weight excluding hydrogens is 186 g/mol. The summed E-state index contributed by atoms with van der Waals surface area (Å²) in [4.78, 5) is 4.06. The lowest BCUT2D eigenvalue weighted by Crippen LogP contribution is -2.26. The minimum Gasteiger partial charge on any atom is -0.383 e. The van der Waals surface area contributed by atoms with Crippen molar-refractivity contribution in [3.05, 3.63) is 23.9 Å². The summed E-state index contributed by atoms with van der Waals surface area (Å²) in [5.41, 5.74) is 12.9. The van der Waals surface area contributed by atoms with Gasteiger partial charge in [-0.05, 0) is 36.8 Å². The Morgan fingerprint density at radius 3 is 2.73 bits per heavy atom. The van der Waals surface area contributed by atoms with Crippen LogP contribution in [0.3, 0.4) is 0 Å². The van der Waals surface area contributed by atoms with Gasteiger partial charge in [-0.15, -0.1) is 0 Å². The van der Waals surface area contributed by atoms with Crippen molar-refractivity contribution in [3.63, 3.8) is 0 Å². The molecule has 0 fully saturated rings. The molecule has 1 unspecified atom stereocenters. The van der Waals surface area contributed by atoms with Gasteiger partial charge in [-0.2, -0.15) is 0 Å². The zero-order valence-electron chi connectivity index (χ0n) is 9.61. The van der Waals surface area contributed by atoms with Crippen LogP contribution in [0, 0.1) is 5.92 Å². The first-order chi connectivity index (χ1) is 7.11. The van der Waals surface area contributed by atoms with Crippen LogP contribution in [-0.2, 0) is 6.42 Å². The molecule has 3 nitrogen and oxygen atoms in total. The fraction of sp³-hybridized carbons (Fsp3) is 0.583. The van der Waals surface area contributed by atoms with Gasteiger partial charge in [-0.1, -0.05) is 19.9 Å². The van der Waals surface area contributed by atoms with E-state index in [1.165, 1.54) is 0 Å². The third-order valence-corrected chi connectivity index (χ3v) is 2.77. The first kappa shape index (κ1) is 12.0. The van der Waals surface area contributed by atoms with Gasteiger partial charge in [0.05, 0.1) is 0 Å². The van der Waals surface area contributed by atoms with E-state index in [1.54, 1.807) is 6.20 Å². The average Bonchev–Trinajstić information content (AvgIpc) is 2.20. The van der Waals surface area contributed by atoms with Crippen molar-refractivity contribution in [1.82, 2.24) is 4.98 Å². The van der Waals surface area contributed by atoms with E-state index in [0.29, 0.717) is 17.8 Å². The number of aryl methyl sites for hydroxylation is 1. The van der Waals surface area contributed by atoms with E-state index in [9.17, 15) is 0 Å². The van der Waals surface area contributed by atoms with Gasteiger partial charge < -0.3 is 11.5 Å². The van der Waals surface area contributed by atoms with Gasteiger partial charge in [0.15, 0.2) is 0 Å². The standard InChI is InChI=1S/C12H21N3/c1-9(2)11(13)7-3-5-10-6-4-8-15-12(10)14/h4,6,8-9,11H,3,5,7,13H2,1-2H3,(H2,14,15). The monoisotopic (exact) mass is 207 g/mol. The molecule has 0 aliphatic heterocycles. The zero-order chi connectivity index (χ0) is 11.3. The van der Waals surface area contributed by atoms with Crippen LogP contribution in [-0.4, -0.2) is 11.0 Å². The SMILES string of the molecule is CC(C)C(N)CCCc1cccnc1N. The van der Waals surface area contributed by atoms with Gasteiger partial charge in [0.1, 0.15) is 5.82 Å². The van der Waals surface area contributed by atoms with Gasteiger partial charge in [0.25, 0.3) is 0 Å². The Hall–Kier alpha value is -1.09. The lowest BCUT2D eigenvalue weighted by molar-refractivity contribution is 0.452. The number of aromatic nitrogens is 1. The number of anilines is 1. The van der Waals surface area contributed by atoms with Crippen LogP contribution in [0.15, 0.2) is 18.3 Å². The molecule has 1 aromatic heterocycles. The van der Waals surface area contributed by atoms with Gasteiger partial charge in [-0.25, -0.2) is 4.98 Å². The molecule has 1 heterocycles. The van der Waals surface area contributed by atoms with Gasteiger partial charge >= 0.3 is 0 Å². The van der Waals surface area contributed by atoms with Gasteiger partial charge in [0, 0.05) is 12.2 Å². The largest absolute Gasteiger partial charge is 0.383 e. The molecule has 4 N–H and O–H groups in total. The molecule has 1 aromatic rings. The fourth-order valence-corrected chi connectivity index (χ4v) is 1.52. The van der Waals surface area contributed by atoms with Crippen molar-refractivity contribution < 1.29 is 0 Å². The molecule has 0 aliphatic carbocycles. The molecule has 0 saturated heterocycles. The fourth-order valence-electron chi connectivity index (χ4n) is 1.52. The Morgan fingerprint density at radius 1 is 1.40 bits per heavy atom. The minimum atomic E-state index is 0.294. The molecule has 1 rings (SSSR count). The Morgan fingerprint density at radius 2 is 2.13 bits per heavy atom. The second-order valence-electron chi connectivity index (χ2n) is 4.35. The third kappa shape index (κ3) is 3.88. The van der Waals surface area contributed by atoms with E-state index < -0.39 is 0 Å². The lowest BCUT2D eigenvalue weighted by Gasteiger charge is -2.15. The molecule has 1 atom stereocenters. The first-order valence-corrected chi connectivity index (χ1v) is 5.56.